The van der Waals surface area contributed by atoms with Crippen LogP contribution in [0.1, 0.15) is 43.2 Å². The number of carbonyl (C=O) groups is 1. The average Bonchev–Trinajstić information content (AvgIpc) is 3.25. The number of nitrogens with zero attached hydrogens (tertiary/aromatic N) is 2. The molecule has 2 aliphatic heterocycles. The first-order valence-corrected chi connectivity index (χ1v) is 11.0. The number of ether oxygens (including phenoxy) is 1. The van der Waals surface area contributed by atoms with Crippen LogP contribution in [0.4, 0.5) is 0 Å². The predicted octanol–water partition coefficient (Wildman–Crippen LogP) is 2.19. The number of carbonyl (C=O) groups excluding carboxylic acids is 1. The Kier molecular flexibility index (Phi) is 6.69. The highest BCUT2D eigenvalue weighted by molar-refractivity contribution is 5.81. The molecule has 0 spiro atoms. The second kappa shape index (κ2) is 9.62. The molecule has 3 atom stereocenters. The summed E-state index contributed by atoms with van der Waals surface area (Å²) in [6, 6.07) is 8.64. The van der Waals surface area contributed by atoms with Crippen LogP contribution in [-0.4, -0.2) is 54.8 Å². The molecule has 2 aromatic heterocycles. The van der Waals surface area contributed by atoms with Crippen molar-refractivity contribution in [2.24, 2.45) is 5.92 Å². The lowest BCUT2D eigenvalue weighted by Gasteiger charge is -2.46. The van der Waals surface area contributed by atoms with Crippen molar-refractivity contribution < 1.29 is 13.9 Å². The SMILES string of the molecule is CCCOCCN1C[C@@H]2C[C@H](C1)[C@H](C(=O)NCCc1ccco1)n1c2cccc1=O. The molecule has 162 valence electrons. The number of hydrogen-bond donors (Lipinski definition) is 1. The van der Waals surface area contributed by atoms with Gasteiger partial charge in [0, 0.05) is 62.8 Å². The van der Waals surface area contributed by atoms with Crippen LogP contribution in [-0.2, 0) is 16.0 Å². The topological polar surface area (TPSA) is 76.7 Å². The van der Waals surface area contributed by atoms with Gasteiger partial charge in [-0.25, -0.2) is 0 Å². The van der Waals surface area contributed by atoms with Crippen molar-refractivity contribution in [3.63, 3.8) is 0 Å². The number of pyridine rings is 1. The van der Waals surface area contributed by atoms with E-state index in [-0.39, 0.29) is 23.3 Å². The number of hydrogen-bond acceptors (Lipinski definition) is 5. The molecule has 0 radical (unpaired) electrons. The van der Waals surface area contributed by atoms with E-state index in [4.69, 9.17) is 9.15 Å². The van der Waals surface area contributed by atoms with Gasteiger partial charge in [0.25, 0.3) is 5.56 Å². The Balaban J connectivity index is 1.49. The van der Waals surface area contributed by atoms with Gasteiger partial charge in [0.2, 0.25) is 5.91 Å². The molecule has 7 heteroatoms. The molecule has 7 nitrogen and oxygen atoms in total. The molecule has 2 bridgehead atoms. The fourth-order valence-electron chi connectivity index (χ4n) is 4.86. The average molecular weight is 414 g/mol. The number of amides is 1. The smallest absolute Gasteiger partial charge is 0.251 e. The van der Waals surface area contributed by atoms with E-state index in [1.165, 1.54) is 0 Å². The van der Waals surface area contributed by atoms with Gasteiger partial charge in [-0.1, -0.05) is 13.0 Å². The maximum Gasteiger partial charge on any atom is 0.251 e. The minimum atomic E-state index is -0.471. The molecule has 1 fully saturated rings. The Morgan fingerprint density at radius 2 is 2.13 bits per heavy atom. The fourth-order valence-corrected chi connectivity index (χ4v) is 4.86. The van der Waals surface area contributed by atoms with Gasteiger partial charge in [0.15, 0.2) is 0 Å². The first-order valence-electron chi connectivity index (χ1n) is 11.0. The number of piperidine rings is 1. The van der Waals surface area contributed by atoms with Crippen LogP contribution in [0, 0.1) is 5.92 Å². The minimum absolute atomic E-state index is 0.0800. The van der Waals surface area contributed by atoms with Gasteiger partial charge in [0.1, 0.15) is 11.8 Å². The number of likely N-dealkylation sites (tertiary alicyclic amines) is 1. The second-order valence-electron chi connectivity index (χ2n) is 8.29. The quantitative estimate of drug-likeness (QED) is 0.638. The summed E-state index contributed by atoms with van der Waals surface area (Å²) in [5, 5.41) is 3.03. The van der Waals surface area contributed by atoms with Crippen LogP contribution in [0.5, 0.6) is 0 Å². The first kappa shape index (κ1) is 20.9. The fraction of sp³-hybridized carbons (Fsp3) is 0.565. The molecule has 1 N–H and O–H groups in total. The monoisotopic (exact) mass is 413 g/mol. The summed E-state index contributed by atoms with van der Waals surface area (Å²) in [6.07, 6.45) is 4.22. The third kappa shape index (κ3) is 4.52. The second-order valence-corrected chi connectivity index (χ2v) is 8.29. The van der Waals surface area contributed by atoms with Crippen molar-refractivity contribution in [3.8, 4) is 0 Å². The summed E-state index contributed by atoms with van der Waals surface area (Å²) >= 11 is 0. The van der Waals surface area contributed by atoms with E-state index < -0.39 is 6.04 Å². The van der Waals surface area contributed by atoms with Crippen LogP contribution < -0.4 is 10.9 Å². The van der Waals surface area contributed by atoms with E-state index in [0.717, 1.165) is 50.5 Å². The molecule has 4 rings (SSSR count). The highest BCUT2D eigenvalue weighted by atomic mass is 16.5. The molecule has 0 aromatic carbocycles. The van der Waals surface area contributed by atoms with Crippen LogP contribution in [0.2, 0.25) is 0 Å². The van der Waals surface area contributed by atoms with E-state index in [1.807, 2.05) is 24.3 Å². The molecule has 1 amide bonds. The van der Waals surface area contributed by atoms with Gasteiger partial charge in [-0.2, -0.15) is 0 Å². The molecular formula is C23H31N3O4. The lowest BCUT2D eigenvalue weighted by atomic mass is 9.78. The number of nitrogens with one attached hydrogen (secondary N) is 1. The summed E-state index contributed by atoms with van der Waals surface area (Å²) < 4.78 is 12.8. The Hall–Kier alpha value is -2.38. The number of fused-ring (bicyclic) bond motifs is 4. The van der Waals surface area contributed by atoms with Gasteiger partial charge in [0.05, 0.1) is 12.9 Å². The molecule has 1 saturated heterocycles. The Bertz CT molecular complexity index is 892. The van der Waals surface area contributed by atoms with Crippen molar-refractivity contribution >= 4 is 5.91 Å². The lowest BCUT2D eigenvalue weighted by molar-refractivity contribution is -0.127. The molecule has 2 aromatic rings. The first-order chi connectivity index (χ1) is 14.7. The molecule has 0 aliphatic carbocycles. The van der Waals surface area contributed by atoms with Crippen LogP contribution in [0.3, 0.4) is 0 Å². The van der Waals surface area contributed by atoms with Crippen molar-refractivity contribution in [2.75, 3.05) is 39.4 Å². The van der Waals surface area contributed by atoms with Gasteiger partial charge in [-0.05, 0) is 31.0 Å². The zero-order valence-electron chi connectivity index (χ0n) is 17.6. The Morgan fingerprint density at radius 1 is 1.23 bits per heavy atom. The summed E-state index contributed by atoms with van der Waals surface area (Å²) in [5.41, 5.74) is 0.886. The maximum absolute atomic E-state index is 13.2. The third-order valence-electron chi connectivity index (χ3n) is 6.14. The molecule has 4 heterocycles. The van der Waals surface area contributed by atoms with Crippen molar-refractivity contribution in [2.45, 2.75) is 38.1 Å². The minimum Gasteiger partial charge on any atom is -0.469 e. The largest absolute Gasteiger partial charge is 0.469 e. The molecule has 0 unspecified atom stereocenters. The molecule has 0 saturated carbocycles. The van der Waals surface area contributed by atoms with Crippen molar-refractivity contribution in [3.05, 3.63) is 58.4 Å². The summed E-state index contributed by atoms with van der Waals surface area (Å²) in [6.45, 7) is 6.65. The van der Waals surface area contributed by atoms with E-state index in [2.05, 4.69) is 17.1 Å². The number of rotatable bonds is 9. The normalized spacial score (nSPS) is 23.2. The molecular weight excluding hydrogens is 382 g/mol. The lowest BCUT2D eigenvalue weighted by Crippen LogP contribution is -2.53. The molecule has 30 heavy (non-hydrogen) atoms. The van der Waals surface area contributed by atoms with Crippen molar-refractivity contribution in [1.82, 2.24) is 14.8 Å². The zero-order chi connectivity index (χ0) is 20.9. The maximum atomic E-state index is 13.2. The summed E-state index contributed by atoms with van der Waals surface area (Å²) in [5.74, 6) is 1.15. The summed E-state index contributed by atoms with van der Waals surface area (Å²) in [4.78, 5) is 28.3. The van der Waals surface area contributed by atoms with Crippen molar-refractivity contribution in [1.29, 1.82) is 0 Å². The highest BCUT2D eigenvalue weighted by Crippen LogP contribution is 2.41. The molecule has 2 aliphatic rings. The number of aromatic nitrogens is 1. The summed E-state index contributed by atoms with van der Waals surface area (Å²) in [7, 11) is 0. The van der Waals surface area contributed by atoms with Crippen LogP contribution in [0.15, 0.2) is 45.8 Å². The van der Waals surface area contributed by atoms with E-state index in [9.17, 15) is 9.59 Å². The van der Waals surface area contributed by atoms with E-state index in [1.54, 1.807) is 16.9 Å². The van der Waals surface area contributed by atoms with Gasteiger partial charge < -0.3 is 19.4 Å². The Morgan fingerprint density at radius 3 is 2.93 bits per heavy atom. The number of furan rings is 1. The highest BCUT2D eigenvalue weighted by Gasteiger charge is 2.43. The zero-order valence-corrected chi connectivity index (χ0v) is 17.6. The van der Waals surface area contributed by atoms with Gasteiger partial charge >= 0.3 is 0 Å². The standard InChI is InChI=1S/C23H31N3O4/c1-2-11-29-13-10-25-15-17-14-18(16-25)22(26-20(17)6-3-7-21(26)27)23(28)24-9-8-19-5-4-12-30-19/h3-7,12,17-18,22H,2,8-11,13-16H2,1H3,(H,24,28)/t17-,18+,22+/m0/s1. The van der Waals surface area contributed by atoms with Crippen LogP contribution in [0.25, 0.3) is 0 Å². The Labute approximate surface area is 177 Å². The van der Waals surface area contributed by atoms with Gasteiger partial charge in [-0.3, -0.25) is 14.2 Å². The third-order valence-corrected chi connectivity index (χ3v) is 6.14. The predicted molar refractivity (Wildman–Crippen MR) is 114 cm³/mol. The van der Waals surface area contributed by atoms with E-state index in [0.29, 0.717) is 19.6 Å². The van der Waals surface area contributed by atoms with Gasteiger partial charge in [-0.15, -0.1) is 0 Å². The van der Waals surface area contributed by atoms with Crippen LogP contribution >= 0.6 is 0 Å². The van der Waals surface area contributed by atoms with E-state index >= 15 is 0 Å².